The van der Waals surface area contributed by atoms with Gasteiger partial charge in [0.2, 0.25) is 0 Å². The van der Waals surface area contributed by atoms with E-state index < -0.39 is 0 Å². The Morgan fingerprint density at radius 1 is 0.900 bits per heavy atom. The Kier molecular flexibility index (Phi) is 5.77. The van der Waals surface area contributed by atoms with E-state index in [4.69, 9.17) is 0 Å². The quantitative estimate of drug-likeness (QED) is 0.404. The van der Waals surface area contributed by atoms with Crippen LogP contribution < -0.4 is 5.01 Å². The Balaban J connectivity index is 1.81. The summed E-state index contributed by atoms with van der Waals surface area (Å²) in [5.41, 5.74) is 6.18. The maximum absolute atomic E-state index is 13.4. The highest BCUT2D eigenvalue weighted by Gasteiger charge is 2.31. The predicted molar refractivity (Wildman–Crippen MR) is 128 cm³/mol. The summed E-state index contributed by atoms with van der Waals surface area (Å²) < 4.78 is 1.03. The number of halogens is 1. The number of hydrogen-bond donors (Lipinski definition) is 0. The first kappa shape index (κ1) is 20.0. The second-order valence-corrected chi connectivity index (χ2v) is 8.09. The smallest absolute Gasteiger partial charge is 0.267 e. The number of allylic oxidation sites excluding steroid dienone is 2. The molecular weight excluding hydrogens is 436 g/mol. The summed E-state index contributed by atoms with van der Waals surface area (Å²) in [6.45, 7) is 3.94. The molecule has 4 heteroatoms. The number of hydrogen-bond acceptors (Lipinski definition) is 2. The van der Waals surface area contributed by atoms with Gasteiger partial charge in [-0.15, -0.1) is 0 Å². The number of nitrogens with zero attached hydrogens (tertiary/aromatic N) is 2. The monoisotopic (exact) mass is 456 g/mol. The van der Waals surface area contributed by atoms with Crippen LogP contribution in [0.15, 0.2) is 100 Å². The van der Waals surface area contributed by atoms with Crippen LogP contribution in [-0.2, 0) is 4.79 Å². The number of para-hydroxylation sites is 1. The van der Waals surface area contributed by atoms with Gasteiger partial charge < -0.3 is 0 Å². The van der Waals surface area contributed by atoms with Gasteiger partial charge in [-0.25, -0.2) is 0 Å². The molecule has 1 amide bonds. The molecule has 0 aromatic heterocycles. The summed E-state index contributed by atoms with van der Waals surface area (Å²) in [5, 5.41) is 6.03. The third-order valence-electron chi connectivity index (χ3n) is 4.96. The van der Waals surface area contributed by atoms with Gasteiger partial charge in [0, 0.05) is 4.47 Å². The molecule has 0 radical (unpaired) electrons. The minimum atomic E-state index is -0.116. The topological polar surface area (TPSA) is 32.7 Å². The number of anilines is 1. The number of hydrazone groups is 1. The van der Waals surface area contributed by atoms with Crippen molar-refractivity contribution >= 4 is 44.9 Å². The Morgan fingerprint density at radius 3 is 2.23 bits per heavy atom. The van der Waals surface area contributed by atoms with Gasteiger partial charge in [0.25, 0.3) is 5.91 Å². The van der Waals surface area contributed by atoms with E-state index in [1.807, 2.05) is 73.7 Å². The third-order valence-corrected chi connectivity index (χ3v) is 5.49. The predicted octanol–water partition coefficient (Wildman–Crippen LogP) is 6.65. The van der Waals surface area contributed by atoms with Gasteiger partial charge in [-0.05, 0) is 54.8 Å². The van der Waals surface area contributed by atoms with Gasteiger partial charge in [-0.3, -0.25) is 4.79 Å². The van der Waals surface area contributed by atoms with Crippen molar-refractivity contribution in [1.29, 1.82) is 0 Å². The van der Waals surface area contributed by atoms with Crippen molar-refractivity contribution in [3.8, 4) is 0 Å². The van der Waals surface area contributed by atoms with E-state index in [-0.39, 0.29) is 5.91 Å². The van der Waals surface area contributed by atoms with Crippen LogP contribution in [0, 0.1) is 6.92 Å². The highest BCUT2D eigenvalue weighted by atomic mass is 79.9. The summed E-state index contributed by atoms with van der Waals surface area (Å²) in [6, 6.07) is 25.8. The lowest BCUT2D eigenvalue weighted by Crippen LogP contribution is -2.21. The zero-order valence-corrected chi connectivity index (χ0v) is 18.4. The van der Waals surface area contributed by atoms with E-state index in [0.29, 0.717) is 11.3 Å². The van der Waals surface area contributed by atoms with Crippen molar-refractivity contribution in [3.05, 3.63) is 112 Å². The largest absolute Gasteiger partial charge is 0.281 e. The zero-order valence-electron chi connectivity index (χ0n) is 16.8. The van der Waals surface area contributed by atoms with Crippen molar-refractivity contribution < 1.29 is 4.79 Å². The van der Waals surface area contributed by atoms with Crippen LogP contribution in [0.1, 0.15) is 23.6 Å². The van der Waals surface area contributed by atoms with E-state index in [2.05, 4.69) is 52.2 Å². The molecule has 0 unspecified atom stereocenters. The number of rotatable bonds is 4. The summed E-state index contributed by atoms with van der Waals surface area (Å²) in [5.74, 6) is -0.116. The Labute approximate surface area is 185 Å². The molecule has 1 heterocycles. The van der Waals surface area contributed by atoms with Crippen LogP contribution in [0.25, 0.3) is 11.6 Å². The lowest BCUT2D eigenvalue weighted by molar-refractivity contribution is -0.114. The van der Waals surface area contributed by atoms with Gasteiger partial charge >= 0.3 is 0 Å². The first-order valence-electron chi connectivity index (χ1n) is 9.73. The molecule has 1 aliphatic rings. The van der Waals surface area contributed by atoms with Crippen molar-refractivity contribution in [3.63, 3.8) is 0 Å². The highest BCUT2D eigenvalue weighted by Crippen LogP contribution is 2.30. The van der Waals surface area contributed by atoms with E-state index in [0.717, 1.165) is 26.9 Å². The molecule has 1 aliphatic heterocycles. The lowest BCUT2D eigenvalue weighted by Gasteiger charge is -2.13. The van der Waals surface area contributed by atoms with Crippen molar-refractivity contribution in [2.45, 2.75) is 13.8 Å². The zero-order chi connectivity index (χ0) is 21.1. The van der Waals surface area contributed by atoms with Gasteiger partial charge in [0.15, 0.2) is 0 Å². The van der Waals surface area contributed by atoms with Gasteiger partial charge in [-0.2, -0.15) is 10.1 Å². The van der Waals surface area contributed by atoms with Crippen LogP contribution in [0.2, 0.25) is 0 Å². The first-order valence-corrected chi connectivity index (χ1v) is 10.5. The molecule has 0 saturated carbocycles. The van der Waals surface area contributed by atoms with E-state index in [9.17, 15) is 4.79 Å². The van der Waals surface area contributed by atoms with Crippen molar-refractivity contribution in [2.24, 2.45) is 5.10 Å². The van der Waals surface area contributed by atoms with Crippen LogP contribution in [0.4, 0.5) is 5.69 Å². The molecule has 3 aromatic rings. The molecule has 0 aliphatic carbocycles. The van der Waals surface area contributed by atoms with Crippen LogP contribution in [0.5, 0.6) is 0 Å². The average molecular weight is 457 g/mol. The van der Waals surface area contributed by atoms with Crippen LogP contribution in [0.3, 0.4) is 0 Å². The fourth-order valence-corrected chi connectivity index (χ4v) is 3.64. The van der Waals surface area contributed by atoms with Crippen molar-refractivity contribution in [1.82, 2.24) is 0 Å². The Morgan fingerprint density at radius 2 is 1.57 bits per heavy atom. The minimum absolute atomic E-state index is 0.116. The van der Waals surface area contributed by atoms with Crippen LogP contribution >= 0.6 is 15.9 Å². The van der Waals surface area contributed by atoms with Crippen molar-refractivity contribution in [2.75, 3.05) is 5.01 Å². The molecule has 0 spiro atoms. The highest BCUT2D eigenvalue weighted by molar-refractivity contribution is 9.10. The summed E-state index contributed by atoms with van der Waals surface area (Å²) >= 11 is 3.47. The summed E-state index contributed by atoms with van der Waals surface area (Å²) in [6.07, 6.45) is 4.04. The molecule has 0 fully saturated rings. The Hall–Kier alpha value is -3.24. The lowest BCUT2D eigenvalue weighted by atomic mass is 9.95. The molecule has 0 N–H and O–H groups in total. The molecule has 3 nitrogen and oxygen atoms in total. The number of carbonyl (C=O) groups excluding carboxylic acids is 1. The van der Waals surface area contributed by atoms with Gasteiger partial charge in [-0.1, -0.05) is 88.2 Å². The molecular formula is C26H21BrN2O. The number of amides is 1. The molecule has 30 heavy (non-hydrogen) atoms. The van der Waals surface area contributed by atoms with E-state index in [1.165, 1.54) is 10.6 Å². The van der Waals surface area contributed by atoms with Gasteiger partial charge in [0.1, 0.15) is 0 Å². The number of aryl methyl sites for hydroxylation is 1. The minimum Gasteiger partial charge on any atom is -0.267 e. The molecule has 0 bridgehead atoms. The molecule has 3 aromatic carbocycles. The molecule has 0 saturated heterocycles. The SMILES string of the molecule is CC1=NN(c2ccccc2)C(=O)/C1=C(/C=C/c1ccc(Br)cc1)c1ccc(C)cc1. The van der Waals surface area contributed by atoms with E-state index >= 15 is 0 Å². The fraction of sp³-hybridized carbons (Fsp3) is 0.0769. The van der Waals surface area contributed by atoms with E-state index in [1.54, 1.807) is 0 Å². The second kappa shape index (κ2) is 8.64. The standard InChI is InChI=1S/C26H21BrN2O/c1-18-8-13-21(14-9-18)24(17-12-20-10-15-22(27)16-11-20)25-19(2)28-29(26(25)30)23-6-4-3-5-7-23/h3-17H,1-2H3/b17-12+,25-24-. The second-order valence-electron chi connectivity index (χ2n) is 7.18. The maximum Gasteiger partial charge on any atom is 0.281 e. The first-order chi connectivity index (χ1) is 14.5. The third kappa shape index (κ3) is 4.19. The van der Waals surface area contributed by atoms with Gasteiger partial charge in [0.05, 0.1) is 17.0 Å². The number of benzene rings is 3. The normalized spacial score (nSPS) is 15.6. The number of carbonyl (C=O) groups is 1. The molecule has 4 rings (SSSR count). The van der Waals surface area contributed by atoms with Crippen LogP contribution in [-0.4, -0.2) is 11.6 Å². The molecule has 148 valence electrons. The summed E-state index contributed by atoms with van der Waals surface area (Å²) in [7, 11) is 0. The summed E-state index contributed by atoms with van der Waals surface area (Å²) in [4.78, 5) is 13.4. The average Bonchev–Trinajstić information content (AvgIpc) is 3.06. The molecule has 0 atom stereocenters. The fourth-order valence-electron chi connectivity index (χ4n) is 3.37. The Bertz CT molecular complexity index is 1160. The maximum atomic E-state index is 13.4.